The number of amides is 1. The molecule has 1 aromatic rings. The molecule has 6 heteroatoms. The molecule has 1 aliphatic rings. The van der Waals surface area contributed by atoms with Crippen molar-refractivity contribution in [2.45, 2.75) is 38.4 Å². The molecular weight excluding hydrogens is 320 g/mol. The van der Waals surface area contributed by atoms with Gasteiger partial charge in [-0.25, -0.2) is 8.78 Å². The predicted molar refractivity (Wildman–Crippen MR) is 87.4 cm³/mol. The molecule has 128 valence electrons. The summed E-state index contributed by atoms with van der Waals surface area (Å²) >= 11 is 0. The molecular formula is C17H23F2NO2S. The SMILES string of the molecule is CC[C@H](c1ccc(F)cc1F)[S@@](=O)CC(=O)N1CCC(C)CC1. The first-order chi connectivity index (χ1) is 10.9. The molecule has 1 saturated heterocycles. The molecule has 0 radical (unpaired) electrons. The fraction of sp³-hybridized carbons (Fsp3) is 0.588. The van der Waals surface area contributed by atoms with Crippen molar-refractivity contribution in [2.24, 2.45) is 5.92 Å². The lowest BCUT2D eigenvalue weighted by atomic mass is 9.99. The number of hydrogen-bond acceptors (Lipinski definition) is 2. The maximum atomic E-state index is 13.9. The van der Waals surface area contributed by atoms with Gasteiger partial charge in [-0.3, -0.25) is 9.00 Å². The Morgan fingerprint density at radius 1 is 1.35 bits per heavy atom. The fourth-order valence-corrected chi connectivity index (χ4v) is 4.35. The Morgan fingerprint density at radius 2 is 2.00 bits per heavy atom. The second-order valence-corrected chi connectivity index (χ2v) is 7.77. The summed E-state index contributed by atoms with van der Waals surface area (Å²) < 4.78 is 39.5. The molecule has 0 N–H and O–H groups in total. The van der Waals surface area contributed by atoms with Gasteiger partial charge in [-0.05, 0) is 31.2 Å². The van der Waals surface area contributed by atoms with Crippen LogP contribution in [0.4, 0.5) is 8.78 Å². The zero-order chi connectivity index (χ0) is 17.0. The number of piperidine rings is 1. The van der Waals surface area contributed by atoms with Crippen LogP contribution >= 0.6 is 0 Å². The topological polar surface area (TPSA) is 37.4 Å². The monoisotopic (exact) mass is 343 g/mol. The summed E-state index contributed by atoms with van der Waals surface area (Å²) in [6.45, 7) is 5.33. The van der Waals surface area contributed by atoms with Crippen molar-refractivity contribution in [2.75, 3.05) is 18.8 Å². The van der Waals surface area contributed by atoms with Gasteiger partial charge >= 0.3 is 0 Å². The highest BCUT2D eigenvalue weighted by atomic mass is 32.2. The lowest BCUT2D eigenvalue weighted by Crippen LogP contribution is -2.40. The Labute approximate surface area is 138 Å². The quantitative estimate of drug-likeness (QED) is 0.821. The first-order valence-corrected chi connectivity index (χ1v) is 9.40. The van der Waals surface area contributed by atoms with Crippen molar-refractivity contribution in [3.05, 3.63) is 35.4 Å². The molecule has 1 heterocycles. The lowest BCUT2D eigenvalue weighted by Gasteiger charge is -2.30. The van der Waals surface area contributed by atoms with Gasteiger partial charge in [0.05, 0.1) is 5.25 Å². The van der Waals surface area contributed by atoms with Gasteiger partial charge in [0.15, 0.2) is 0 Å². The van der Waals surface area contributed by atoms with Crippen LogP contribution in [0.25, 0.3) is 0 Å². The van der Waals surface area contributed by atoms with E-state index in [2.05, 4.69) is 6.92 Å². The average molecular weight is 343 g/mol. The summed E-state index contributed by atoms with van der Waals surface area (Å²) in [7, 11) is -1.52. The van der Waals surface area contributed by atoms with Crippen molar-refractivity contribution in [1.82, 2.24) is 4.90 Å². The first kappa shape index (κ1) is 18.0. The first-order valence-electron chi connectivity index (χ1n) is 8.02. The molecule has 3 nitrogen and oxygen atoms in total. The molecule has 0 aliphatic carbocycles. The van der Waals surface area contributed by atoms with Crippen LogP contribution in [-0.2, 0) is 15.6 Å². The average Bonchev–Trinajstić information content (AvgIpc) is 2.50. The highest BCUT2D eigenvalue weighted by molar-refractivity contribution is 7.86. The minimum atomic E-state index is -1.52. The minimum absolute atomic E-state index is 0.107. The molecule has 23 heavy (non-hydrogen) atoms. The van der Waals surface area contributed by atoms with Crippen molar-refractivity contribution in [3.8, 4) is 0 Å². The van der Waals surface area contributed by atoms with Crippen LogP contribution in [0.1, 0.15) is 43.9 Å². The number of benzene rings is 1. The molecule has 0 saturated carbocycles. The Hall–Kier alpha value is -1.30. The summed E-state index contributed by atoms with van der Waals surface area (Å²) in [5.74, 6) is -1.00. The number of halogens is 2. The molecule has 2 atom stereocenters. The number of nitrogens with zero attached hydrogens (tertiary/aromatic N) is 1. The minimum Gasteiger partial charge on any atom is -0.342 e. The van der Waals surface area contributed by atoms with E-state index in [4.69, 9.17) is 0 Å². The van der Waals surface area contributed by atoms with E-state index in [1.165, 1.54) is 6.07 Å². The molecule has 0 unspecified atom stereocenters. The van der Waals surface area contributed by atoms with Gasteiger partial charge in [0.2, 0.25) is 5.91 Å². The van der Waals surface area contributed by atoms with E-state index in [1.807, 2.05) is 0 Å². The van der Waals surface area contributed by atoms with E-state index in [1.54, 1.807) is 11.8 Å². The van der Waals surface area contributed by atoms with E-state index in [0.29, 0.717) is 25.4 Å². The zero-order valence-electron chi connectivity index (χ0n) is 13.6. The molecule has 1 aliphatic heterocycles. The Morgan fingerprint density at radius 3 is 2.57 bits per heavy atom. The van der Waals surface area contributed by atoms with Crippen LogP contribution in [0.2, 0.25) is 0 Å². The third-order valence-electron chi connectivity index (χ3n) is 4.40. The van der Waals surface area contributed by atoms with Gasteiger partial charge < -0.3 is 4.90 Å². The van der Waals surface area contributed by atoms with Crippen molar-refractivity contribution >= 4 is 16.7 Å². The van der Waals surface area contributed by atoms with E-state index >= 15 is 0 Å². The van der Waals surface area contributed by atoms with Crippen molar-refractivity contribution in [1.29, 1.82) is 0 Å². The highest BCUT2D eigenvalue weighted by Crippen LogP contribution is 2.27. The Kier molecular flexibility index (Phi) is 6.27. The predicted octanol–water partition coefficient (Wildman–Crippen LogP) is 3.42. The van der Waals surface area contributed by atoms with Crippen LogP contribution in [0.3, 0.4) is 0 Å². The van der Waals surface area contributed by atoms with Gasteiger partial charge in [-0.15, -0.1) is 0 Å². The molecule has 1 fully saturated rings. The summed E-state index contributed by atoms with van der Waals surface area (Å²) in [5.41, 5.74) is 0.215. The number of carbonyl (C=O) groups is 1. The molecule has 0 aromatic heterocycles. The molecule has 1 aromatic carbocycles. The summed E-state index contributed by atoms with van der Waals surface area (Å²) in [4.78, 5) is 14.0. The zero-order valence-corrected chi connectivity index (χ0v) is 14.4. The summed E-state index contributed by atoms with van der Waals surface area (Å²) in [6.07, 6.45) is 2.35. The number of rotatable bonds is 5. The second kappa shape index (κ2) is 7.99. The van der Waals surface area contributed by atoms with Gasteiger partial charge in [0, 0.05) is 35.5 Å². The molecule has 2 rings (SSSR count). The molecule has 0 bridgehead atoms. The Bertz CT molecular complexity index is 586. The van der Waals surface area contributed by atoms with Gasteiger partial charge in [-0.1, -0.05) is 19.9 Å². The fourth-order valence-electron chi connectivity index (χ4n) is 2.88. The number of likely N-dealkylation sites (tertiary alicyclic amines) is 1. The number of carbonyl (C=O) groups excluding carboxylic acids is 1. The molecule has 0 spiro atoms. The third-order valence-corrected chi connectivity index (χ3v) is 6.15. The van der Waals surface area contributed by atoms with Crippen LogP contribution in [0, 0.1) is 17.6 Å². The van der Waals surface area contributed by atoms with E-state index in [-0.39, 0.29) is 17.2 Å². The van der Waals surface area contributed by atoms with Crippen LogP contribution < -0.4 is 0 Å². The van der Waals surface area contributed by atoms with Crippen molar-refractivity contribution < 1.29 is 17.8 Å². The number of hydrogen-bond donors (Lipinski definition) is 0. The van der Waals surface area contributed by atoms with Gasteiger partial charge in [-0.2, -0.15) is 0 Å². The van der Waals surface area contributed by atoms with E-state index < -0.39 is 27.7 Å². The van der Waals surface area contributed by atoms with Crippen molar-refractivity contribution in [3.63, 3.8) is 0 Å². The largest absolute Gasteiger partial charge is 0.342 e. The molecule has 1 amide bonds. The maximum Gasteiger partial charge on any atom is 0.235 e. The van der Waals surface area contributed by atoms with Crippen LogP contribution in [0.5, 0.6) is 0 Å². The second-order valence-electron chi connectivity index (χ2n) is 6.15. The summed E-state index contributed by atoms with van der Waals surface area (Å²) in [6, 6.07) is 3.28. The smallest absolute Gasteiger partial charge is 0.235 e. The van der Waals surface area contributed by atoms with Gasteiger partial charge in [0.1, 0.15) is 17.4 Å². The normalized spacial score (nSPS) is 18.7. The lowest BCUT2D eigenvalue weighted by molar-refractivity contribution is -0.129. The van der Waals surface area contributed by atoms with Crippen LogP contribution in [0.15, 0.2) is 18.2 Å². The maximum absolute atomic E-state index is 13.9. The highest BCUT2D eigenvalue weighted by Gasteiger charge is 2.26. The van der Waals surface area contributed by atoms with Crippen LogP contribution in [-0.4, -0.2) is 33.9 Å². The summed E-state index contributed by atoms with van der Waals surface area (Å²) in [5, 5.41) is -0.594. The standard InChI is InChI=1S/C17H23F2NO2S/c1-3-16(14-5-4-13(18)10-15(14)19)23(22)11-17(21)20-8-6-12(2)7-9-20/h4-5,10,12,16H,3,6-9,11H2,1-2H3/t16-,23+/m1/s1. The van der Waals surface area contributed by atoms with E-state index in [0.717, 1.165) is 25.0 Å². The van der Waals surface area contributed by atoms with Gasteiger partial charge in [0.25, 0.3) is 0 Å². The van der Waals surface area contributed by atoms with E-state index in [9.17, 15) is 17.8 Å². The Balaban J connectivity index is 2.03. The third kappa shape index (κ3) is 4.59.